The average molecular weight is 354 g/mol. The third-order valence-corrected chi connectivity index (χ3v) is 4.48. The van der Waals surface area contributed by atoms with Gasteiger partial charge in [-0.2, -0.15) is 5.26 Å². The Morgan fingerprint density at radius 3 is 2.80 bits per heavy atom. The maximum atomic E-state index is 12.5. The van der Waals surface area contributed by atoms with E-state index in [9.17, 15) is 9.59 Å². The van der Waals surface area contributed by atoms with Crippen LogP contribution in [-0.2, 0) is 9.59 Å². The van der Waals surface area contributed by atoms with Crippen LogP contribution in [0.3, 0.4) is 0 Å². The third-order valence-electron chi connectivity index (χ3n) is 4.17. The van der Waals surface area contributed by atoms with Crippen molar-refractivity contribution in [2.45, 2.75) is 13.3 Å². The largest absolute Gasteiger partial charge is 0.326 e. The molecule has 6 heteroatoms. The number of rotatable bonds is 3. The van der Waals surface area contributed by atoms with Crippen LogP contribution in [0.1, 0.15) is 17.5 Å². The Morgan fingerprint density at radius 2 is 2.12 bits per heavy atom. The van der Waals surface area contributed by atoms with Crippen LogP contribution in [0.4, 0.5) is 11.4 Å². The van der Waals surface area contributed by atoms with Crippen molar-refractivity contribution in [3.05, 3.63) is 58.6 Å². The zero-order valence-corrected chi connectivity index (χ0v) is 14.4. The van der Waals surface area contributed by atoms with Gasteiger partial charge in [0.05, 0.1) is 16.5 Å². The van der Waals surface area contributed by atoms with Crippen LogP contribution in [0.5, 0.6) is 0 Å². The lowest BCUT2D eigenvalue weighted by molar-refractivity contribution is -0.122. The maximum Gasteiger partial charge on any atom is 0.229 e. The van der Waals surface area contributed by atoms with E-state index in [2.05, 4.69) is 5.32 Å². The number of nitrogens with one attached hydrogen (secondary N) is 1. The molecule has 2 aromatic carbocycles. The molecule has 1 heterocycles. The summed E-state index contributed by atoms with van der Waals surface area (Å²) < 4.78 is 0. The van der Waals surface area contributed by atoms with E-state index in [-0.39, 0.29) is 23.3 Å². The molecule has 1 N–H and O–H groups in total. The van der Waals surface area contributed by atoms with Crippen molar-refractivity contribution in [2.75, 3.05) is 16.8 Å². The molecule has 0 bridgehead atoms. The second-order valence-electron chi connectivity index (χ2n) is 6.04. The highest BCUT2D eigenvalue weighted by molar-refractivity contribution is 6.32. The number of carbonyl (C=O) groups excluding carboxylic acids is 2. The summed E-state index contributed by atoms with van der Waals surface area (Å²) in [5, 5.41) is 11.9. The van der Waals surface area contributed by atoms with E-state index < -0.39 is 5.92 Å². The second kappa shape index (κ2) is 6.96. The number of nitrogens with zero attached hydrogens (tertiary/aromatic N) is 2. The zero-order valence-electron chi connectivity index (χ0n) is 13.6. The summed E-state index contributed by atoms with van der Waals surface area (Å²) in [7, 11) is 0. The fourth-order valence-corrected chi connectivity index (χ4v) is 3.08. The van der Waals surface area contributed by atoms with Crippen LogP contribution < -0.4 is 10.2 Å². The molecule has 1 unspecified atom stereocenters. The highest BCUT2D eigenvalue weighted by Gasteiger charge is 2.35. The fraction of sp³-hybridized carbons (Fsp3) is 0.211. The minimum absolute atomic E-state index is 0.0661. The number of carbonyl (C=O) groups is 2. The third kappa shape index (κ3) is 3.65. The minimum Gasteiger partial charge on any atom is -0.326 e. The smallest absolute Gasteiger partial charge is 0.229 e. The van der Waals surface area contributed by atoms with Crippen molar-refractivity contribution in [1.29, 1.82) is 5.26 Å². The molecule has 2 amide bonds. The van der Waals surface area contributed by atoms with Gasteiger partial charge in [-0.25, -0.2) is 0 Å². The molecule has 1 aliphatic heterocycles. The Bertz CT molecular complexity index is 888. The Balaban J connectivity index is 1.71. The van der Waals surface area contributed by atoms with Gasteiger partial charge in [-0.05, 0) is 42.8 Å². The van der Waals surface area contributed by atoms with Crippen molar-refractivity contribution in [3.63, 3.8) is 0 Å². The molecule has 2 aromatic rings. The van der Waals surface area contributed by atoms with Gasteiger partial charge in [-0.3, -0.25) is 9.59 Å². The molecule has 1 fully saturated rings. The van der Waals surface area contributed by atoms with E-state index in [4.69, 9.17) is 16.9 Å². The average Bonchev–Trinajstić information content (AvgIpc) is 2.97. The van der Waals surface area contributed by atoms with Gasteiger partial charge in [0, 0.05) is 24.3 Å². The minimum atomic E-state index is -0.428. The Hall–Kier alpha value is -2.84. The Labute approximate surface area is 150 Å². The summed E-state index contributed by atoms with van der Waals surface area (Å²) in [5.41, 5.74) is 2.73. The molecule has 0 spiro atoms. The van der Waals surface area contributed by atoms with E-state index in [0.717, 1.165) is 11.3 Å². The lowest BCUT2D eigenvalue weighted by Crippen LogP contribution is -2.28. The number of amides is 2. The molecule has 0 radical (unpaired) electrons. The molecule has 1 aliphatic rings. The lowest BCUT2D eigenvalue weighted by Gasteiger charge is -2.17. The van der Waals surface area contributed by atoms with Gasteiger partial charge in [-0.1, -0.05) is 23.7 Å². The first-order valence-electron chi connectivity index (χ1n) is 7.85. The van der Waals surface area contributed by atoms with Gasteiger partial charge < -0.3 is 10.2 Å². The predicted molar refractivity (Wildman–Crippen MR) is 96.4 cm³/mol. The number of nitriles is 1. The van der Waals surface area contributed by atoms with Gasteiger partial charge in [0.15, 0.2) is 0 Å². The number of benzene rings is 2. The molecule has 0 aromatic heterocycles. The summed E-state index contributed by atoms with van der Waals surface area (Å²) in [4.78, 5) is 26.4. The second-order valence-corrected chi connectivity index (χ2v) is 6.45. The SMILES string of the molecule is Cc1cccc(N2CC(C(=O)Nc3ccc(C#N)c(Cl)c3)CC2=O)c1. The van der Waals surface area contributed by atoms with Crippen LogP contribution in [0.15, 0.2) is 42.5 Å². The molecule has 25 heavy (non-hydrogen) atoms. The summed E-state index contributed by atoms with van der Waals surface area (Å²) in [6.45, 7) is 2.31. The van der Waals surface area contributed by atoms with E-state index in [0.29, 0.717) is 17.8 Å². The highest BCUT2D eigenvalue weighted by Crippen LogP contribution is 2.27. The number of hydrogen-bond donors (Lipinski definition) is 1. The van der Waals surface area contributed by atoms with Crippen LogP contribution in [0, 0.1) is 24.2 Å². The summed E-state index contributed by atoms with van der Waals surface area (Å²) in [5.74, 6) is -0.727. The maximum absolute atomic E-state index is 12.5. The molecular weight excluding hydrogens is 338 g/mol. The van der Waals surface area contributed by atoms with Crippen molar-refractivity contribution in [1.82, 2.24) is 0 Å². The Morgan fingerprint density at radius 1 is 1.32 bits per heavy atom. The normalized spacial score (nSPS) is 16.6. The number of aryl methyl sites for hydroxylation is 1. The van der Waals surface area contributed by atoms with Gasteiger partial charge in [-0.15, -0.1) is 0 Å². The van der Waals surface area contributed by atoms with E-state index in [1.807, 2.05) is 37.3 Å². The van der Waals surface area contributed by atoms with Gasteiger partial charge in [0.2, 0.25) is 11.8 Å². The molecule has 126 valence electrons. The van der Waals surface area contributed by atoms with Gasteiger partial charge in [0.1, 0.15) is 6.07 Å². The topological polar surface area (TPSA) is 73.2 Å². The predicted octanol–water partition coefficient (Wildman–Crippen LogP) is 3.51. The van der Waals surface area contributed by atoms with Crippen molar-refractivity contribution >= 4 is 34.8 Å². The molecule has 1 saturated heterocycles. The van der Waals surface area contributed by atoms with E-state index in [1.165, 1.54) is 6.07 Å². The fourth-order valence-electron chi connectivity index (χ4n) is 2.86. The first kappa shape index (κ1) is 17.0. The van der Waals surface area contributed by atoms with Gasteiger partial charge >= 0.3 is 0 Å². The molecular formula is C19H16ClN3O2. The molecule has 5 nitrogen and oxygen atoms in total. The highest BCUT2D eigenvalue weighted by atomic mass is 35.5. The van der Waals surface area contributed by atoms with Gasteiger partial charge in [0.25, 0.3) is 0 Å². The van der Waals surface area contributed by atoms with E-state index >= 15 is 0 Å². The van der Waals surface area contributed by atoms with Crippen molar-refractivity contribution in [3.8, 4) is 6.07 Å². The number of anilines is 2. The summed E-state index contributed by atoms with van der Waals surface area (Å²) in [6.07, 6.45) is 0.170. The zero-order chi connectivity index (χ0) is 18.0. The molecule has 0 aliphatic carbocycles. The Kier molecular flexibility index (Phi) is 4.73. The first-order chi connectivity index (χ1) is 12.0. The van der Waals surface area contributed by atoms with Crippen molar-refractivity contribution in [2.24, 2.45) is 5.92 Å². The molecule has 1 atom stereocenters. The molecule has 3 rings (SSSR count). The molecule has 0 saturated carbocycles. The number of hydrogen-bond acceptors (Lipinski definition) is 3. The monoisotopic (exact) mass is 353 g/mol. The quantitative estimate of drug-likeness (QED) is 0.917. The van der Waals surface area contributed by atoms with Crippen LogP contribution in [0.25, 0.3) is 0 Å². The van der Waals surface area contributed by atoms with E-state index in [1.54, 1.807) is 17.0 Å². The van der Waals surface area contributed by atoms with Crippen LogP contribution in [0.2, 0.25) is 5.02 Å². The summed E-state index contributed by atoms with van der Waals surface area (Å²) >= 11 is 5.98. The lowest BCUT2D eigenvalue weighted by atomic mass is 10.1. The summed E-state index contributed by atoms with van der Waals surface area (Å²) in [6, 6.07) is 14.3. The van der Waals surface area contributed by atoms with Crippen LogP contribution >= 0.6 is 11.6 Å². The number of halogens is 1. The van der Waals surface area contributed by atoms with Crippen LogP contribution in [-0.4, -0.2) is 18.4 Å². The standard InChI is InChI=1S/C19H16ClN3O2/c1-12-3-2-4-16(7-12)23-11-14(8-18(23)24)19(25)22-15-6-5-13(10-21)17(20)9-15/h2-7,9,14H,8,11H2,1H3,(H,22,25). The van der Waals surface area contributed by atoms with Crippen molar-refractivity contribution < 1.29 is 9.59 Å². The first-order valence-corrected chi connectivity index (χ1v) is 8.23.